The highest BCUT2D eigenvalue weighted by atomic mass is 16.3. The minimum atomic E-state index is -0.0617. The predicted octanol–water partition coefficient (Wildman–Crippen LogP) is 5.06. The van der Waals surface area contributed by atoms with Crippen LogP contribution in [0, 0.1) is 6.92 Å². The first kappa shape index (κ1) is 16.2. The summed E-state index contributed by atoms with van der Waals surface area (Å²) in [6.45, 7) is 1.99. The first-order valence-electron chi connectivity index (χ1n) is 8.53. The van der Waals surface area contributed by atoms with E-state index in [1.54, 1.807) is 18.2 Å². The highest BCUT2D eigenvalue weighted by Gasteiger charge is 2.18. The number of hydrogen-bond donors (Lipinski definition) is 1. The van der Waals surface area contributed by atoms with Crippen molar-refractivity contribution < 1.29 is 9.52 Å². The second kappa shape index (κ2) is 6.52. The zero-order valence-electron chi connectivity index (χ0n) is 14.4. The van der Waals surface area contributed by atoms with Crippen molar-refractivity contribution in [2.45, 2.75) is 13.3 Å². The van der Waals surface area contributed by atoms with Gasteiger partial charge in [-0.1, -0.05) is 54.6 Å². The average Bonchev–Trinajstić information content (AvgIpc) is 2.66. The van der Waals surface area contributed by atoms with Gasteiger partial charge in [-0.25, -0.2) is 0 Å². The van der Waals surface area contributed by atoms with Gasteiger partial charge in [-0.15, -0.1) is 0 Å². The van der Waals surface area contributed by atoms with Gasteiger partial charge in [-0.3, -0.25) is 4.79 Å². The second-order valence-corrected chi connectivity index (χ2v) is 6.36. The molecule has 0 aliphatic carbocycles. The first-order chi connectivity index (χ1) is 12.6. The van der Waals surface area contributed by atoms with E-state index in [9.17, 15) is 9.90 Å². The van der Waals surface area contributed by atoms with E-state index in [0.717, 1.165) is 11.1 Å². The number of phenolic OH excluding ortho intramolecular Hbond substituents is 1. The van der Waals surface area contributed by atoms with Crippen molar-refractivity contribution in [3.63, 3.8) is 0 Å². The fraction of sp³-hybridized carbons (Fsp3) is 0.0870. The van der Waals surface area contributed by atoms with Crippen molar-refractivity contribution in [2.75, 3.05) is 0 Å². The van der Waals surface area contributed by atoms with Crippen molar-refractivity contribution in [1.82, 2.24) is 0 Å². The number of fused-ring (bicyclic) bond motifs is 1. The van der Waals surface area contributed by atoms with Crippen molar-refractivity contribution in [3.05, 3.63) is 99.7 Å². The fourth-order valence-corrected chi connectivity index (χ4v) is 3.24. The van der Waals surface area contributed by atoms with Crippen LogP contribution in [0.2, 0.25) is 0 Å². The molecule has 0 radical (unpaired) electrons. The SMILES string of the molecule is Cc1ccccc1-c1oc2ccccc2c(=O)c1Cc1ccccc1O. The molecular formula is C23H18O3. The van der Waals surface area contributed by atoms with Crippen LogP contribution in [0.3, 0.4) is 0 Å². The number of hydrogen-bond acceptors (Lipinski definition) is 3. The molecule has 0 fully saturated rings. The Morgan fingerprint density at radius 1 is 0.885 bits per heavy atom. The summed E-state index contributed by atoms with van der Waals surface area (Å²) in [7, 11) is 0. The van der Waals surface area contributed by atoms with Crippen LogP contribution in [0.15, 0.2) is 82.0 Å². The van der Waals surface area contributed by atoms with Gasteiger partial charge in [0.2, 0.25) is 0 Å². The van der Waals surface area contributed by atoms with Gasteiger partial charge in [0.1, 0.15) is 17.1 Å². The molecule has 0 amide bonds. The Balaban J connectivity index is 2.02. The highest BCUT2D eigenvalue weighted by Crippen LogP contribution is 2.31. The van der Waals surface area contributed by atoms with Crippen LogP contribution in [-0.4, -0.2) is 5.11 Å². The molecule has 0 spiro atoms. The number of aryl methyl sites for hydroxylation is 1. The zero-order chi connectivity index (χ0) is 18.1. The van der Waals surface area contributed by atoms with Crippen LogP contribution in [0.5, 0.6) is 5.75 Å². The molecule has 1 aromatic heterocycles. The monoisotopic (exact) mass is 342 g/mol. The topological polar surface area (TPSA) is 50.4 Å². The third-order valence-corrected chi connectivity index (χ3v) is 4.64. The van der Waals surface area contributed by atoms with Gasteiger partial charge in [0.15, 0.2) is 5.43 Å². The average molecular weight is 342 g/mol. The maximum Gasteiger partial charge on any atom is 0.196 e. The lowest BCUT2D eigenvalue weighted by atomic mass is 9.96. The van der Waals surface area contributed by atoms with E-state index in [4.69, 9.17) is 4.42 Å². The fourth-order valence-electron chi connectivity index (χ4n) is 3.24. The van der Waals surface area contributed by atoms with Crippen LogP contribution >= 0.6 is 0 Å². The zero-order valence-corrected chi connectivity index (χ0v) is 14.4. The van der Waals surface area contributed by atoms with Gasteiger partial charge in [-0.05, 0) is 36.2 Å². The molecule has 0 unspecified atom stereocenters. The molecule has 1 heterocycles. The maximum absolute atomic E-state index is 13.2. The van der Waals surface area contributed by atoms with E-state index in [-0.39, 0.29) is 11.2 Å². The van der Waals surface area contributed by atoms with Crippen LogP contribution in [0.25, 0.3) is 22.3 Å². The molecule has 4 rings (SSSR count). The van der Waals surface area contributed by atoms with Crippen molar-refractivity contribution >= 4 is 11.0 Å². The molecular weight excluding hydrogens is 324 g/mol. The number of aromatic hydroxyl groups is 1. The summed E-state index contributed by atoms with van der Waals surface area (Å²) in [5.74, 6) is 0.742. The van der Waals surface area contributed by atoms with Crippen molar-refractivity contribution in [2.24, 2.45) is 0 Å². The van der Waals surface area contributed by atoms with Crippen molar-refractivity contribution in [3.8, 4) is 17.1 Å². The lowest BCUT2D eigenvalue weighted by molar-refractivity contribution is 0.469. The number of phenols is 1. The predicted molar refractivity (Wildman–Crippen MR) is 104 cm³/mol. The summed E-state index contributed by atoms with van der Waals surface area (Å²) in [6.07, 6.45) is 0.309. The summed E-state index contributed by atoms with van der Waals surface area (Å²) in [5, 5.41) is 10.7. The summed E-state index contributed by atoms with van der Waals surface area (Å²) < 4.78 is 6.17. The van der Waals surface area contributed by atoms with E-state index in [2.05, 4.69) is 0 Å². The molecule has 4 aromatic rings. The summed E-state index contributed by atoms with van der Waals surface area (Å²) in [5.41, 5.74) is 3.68. The smallest absolute Gasteiger partial charge is 0.196 e. The Hall–Kier alpha value is -3.33. The van der Waals surface area contributed by atoms with Crippen LogP contribution < -0.4 is 5.43 Å². The van der Waals surface area contributed by atoms with E-state index in [0.29, 0.717) is 34.3 Å². The Kier molecular flexibility index (Phi) is 4.05. The van der Waals surface area contributed by atoms with Gasteiger partial charge < -0.3 is 9.52 Å². The molecule has 3 aromatic carbocycles. The molecule has 0 aliphatic rings. The number of para-hydroxylation sites is 2. The third kappa shape index (κ3) is 2.78. The van der Waals surface area contributed by atoms with Crippen molar-refractivity contribution in [1.29, 1.82) is 0 Å². The van der Waals surface area contributed by atoms with E-state index in [1.165, 1.54) is 0 Å². The Labute approximate surface area is 151 Å². The molecule has 0 bridgehead atoms. The molecule has 0 aliphatic heterocycles. The lowest BCUT2D eigenvalue weighted by Gasteiger charge is -2.13. The maximum atomic E-state index is 13.2. The van der Waals surface area contributed by atoms with Gasteiger partial charge >= 0.3 is 0 Å². The third-order valence-electron chi connectivity index (χ3n) is 4.64. The molecule has 0 atom stereocenters. The molecule has 3 nitrogen and oxygen atoms in total. The van der Waals surface area contributed by atoms with Gasteiger partial charge in [0.25, 0.3) is 0 Å². The molecule has 128 valence electrons. The summed E-state index contributed by atoms with van der Waals surface area (Å²) in [4.78, 5) is 13.2. The molecule has 0 saturated carbocycles. The quantitative estimate of drug-likeness (QED) is 0.566. The van der Waals surface area contributed by atoms with Gasteiger partial charge in [0, 0.05) is 17.5 Å². The normalized spacial score (nSPS) is 11.0. The Morgan fingerprint density at radius 3 is 2.38 bits per heavy atom. The molecule has 26 heavy (non-hydrogen) atoms. The molecule has 0 saturated heterocycles. The van der Waals surface area contributed by atoms with Gasteiger partial charge in [0.05, 0.1) is 5.39 Å². The number of rotatable bonds is 3. The largest absolute Gasteiger partial charge is 0.508 e. The Bertz CT molecular complexity index is 1160. The van der Waals surface area contributed by atoms with E-state index >= 15 is 0 Å². The minimum absolute atomic E-state index is 0.0617. The molecule has 3 heteroatoms. The van der Waals surface area contributed by atoms with E-state index < -0.39 is 0 Å². The van der Waals surface area contributed by atoms with Crippen LogP contribution in [-0.2, 0) is 6.42 Å². The minimum Gasteiger partial charge on any atom is -0.508 e. The Morgan fingerprint density at radius 2 is 1.58 bits per heavy atom. The van der Waals surface area contributed by atoms with Crippen LogP contribution in [0.4, 0.5) is 0 Å². The highest BCUT2D eigenvalue weighted by molar-refractivity contribution is 5.81. The number of benzene rings is 3. The lowest BCUT2D eigenvalue weighted by Crippen LogP contribution is -2.12. The summed E-state index contributed by atoms with van der Waals surface area (Å²) in [6, 6.07) is 22.2. The van der Waals surface area contributed by atoms with Crippen LogP contribution in [0.1, 0.15) is 16.7 Å². The first-order valence-corrected chi connectivity index (χ1v) is 8.53. The standard InChI is InChI=1S/C23H18O3/c1-15-8-2-4-10-17(15)23-19(14-16-9-3-6-12-20(16)24)22(25)18-11-5-7-13-21(18)26-23/h2-13,24H,14H2,1H3. The summed E-state index contributed by atoms with van der Waals surface area (Å²) >= 11 is 0. The van der Waals surface area contributed by atoms with Gasteiger partial charge in [-0.2, -0.15) is 0 Å². The second-order valence-electron chi connectivity index (χ2n) is 6.36. The molecule has 1 N–H and O–H groups in total. The van der Waals surface area contributed by atoms with E-state index in [1.807, 2.05) is 61.5 Å².